The van der Waals surface area contributed by atoms with Crippen molar-refractivity contribution >= 4 is 23.4 Å². The van der Waals surface area contributed by atoms with E-state index in [0.29, 0.717) is 36.7 Å². The van der Waals surface area contributed by atoms with Crippen LogP contribution in [-0.4, -0.2) is 43.0 Å². The molecule has 0 aromatic heterocycles. The van der Waals surface area contributed by atoms with Crippen LogP contribution >= 0.6 is 11.6 Å². The van der Waals surface area contributed by atoms with Crippen molar-refractivity contribution in [2.45, 2.75) is 32.6 Å². The lowest BCUT2D eigenvalue weighted by Gasteiger charge is -2.31. The third-order valence-corrected chi connectivity index (χ3v) is 4.48. The summed E-state index contributed by atoms with van der Waals surface area (Å²) in [4.78, 5) is 26.0. The van der Waals surface area contributed by atoms with E-state index in [4.69, 9.17) is 16.3 Å². The maximum absolute atomic E-state index is 12.2. The maximum atomic E-state index is 12.2. The molecule has 0 saturated carbocycles. The molecule has 24 heavy (non-hydrogen) atoms. The minimum atomic E-state index is -0.0465. The molecule has 2 rings (SSSR count). The van der Waals surface area contributed by atoms with Crippen LogP contribution in [-0.2, 0) is 9.59 Å². The standard InChI is InChI=1S/C18H25ClN2O3/c1-2-3-10-20-18(23)14-8-11-21(12-9-14)17(22)13-24-16-6-4-15(19)5-7-16/h4-7,14H,2-3,8-13H2,1H3,(H,20,23). The predicted molar refractivity (Wildman–Crippen MR) is 94.2 cm³/mol. The Morgan fingerprint density at radius 3 is 2.54 bits per heavy atom. The molecule has 0 atom stereocenters. The number of hydrogen-bond donors (Lipinski definition) is 1. The van der Waals surface area contributed by atoms with Crippen LogP contribution in [0.2, 0.25) is 5.02 Å². The highest BCUT2D eigenvalue weighted by Gasteiger charge is 2.27. The lowest BCUT2D eigenvalue weighted by atomic mass is 9.96. The number of halogens is 1. The molecular weight excluding hydrogens is 328 g/mol. The van der Waals surface area contributed by atoms with E-state index in [0.717, 1.165) is 19.4 Å². The number of carbonyl (C=O) groups excluding carboxylic acids is 2. The lowest BCUT2D eigenvalue weighted by molar-refractivity contribution is -0.137. The number of unbranched alkanes of at least 4 members (excludes halogenated alkanes) is 1. The smallest absolute Gasteiger partial charge is 0.260 e. The first-order valence-corrected chi connectivity index (χ1v) is 8.91. The molecule has 2 amide bonds. The number of ether oxygens (including phenoxy) is 1. The zero-order chi connectivity index (χ0) is 17.4. The van der Waals surface area contributed by atoms with Crippen molar-refractivity contribution in [3.63, 3.8) is 0 Å². The zero-order valence-electron chi connectivity index (χ0n) is 14.1. The number of piperidine rings is 1. The average molecular weight is 353 g/mol. The molecule has 1 aromatic rings. The Morgan fingerprint density at radius 1 is 1.25 bits per heavy atom. The number of rotatable bonds is 7. The molecule has 1 N–H and O–H groups in total. The Labute approximate surface area is 148 Å². The normalized spacial score (nSPS) is 15.2. The maximum Gasteiger partial charge on any atom is 0.260 e. The van der Waals surface area contributed by atoms with Crippen LogP contribution in [0.5, 0.6) is 5.75 Å². The fourth-order valence-electron chi connectivity index (χ4n) is 2.69. The van der Waals surface area contributed by atoms with Gasteiger partial charge in [0, 0.05) is 30.6 Å². The molecule has 0 unspecified atom stereocenters. The van der Waals surface area contributed by atoms with E-state index in [2.05, 4.69) is 12.2 Å². The molecule has 0 radical (unpaired) electrons. The molecule has 1 heterocycles. The Kier molecular flexibility index (Phi) is 7.37. The molecule has 5 nitrogen and oxygen atoms in total. The molecule has 132 valence electrons. The first kappa shape index (κ1) is 18.6. The summed E-state index contributed by atoms with van der Waals surface area (Å²) < 4.78 is 5.49. The fraction of sp³-hybridized carbons (Fsp3) is 0.556. The predicted octanol–water partition coefficient (Wildman–Crippen LogP) is 2.87. The number of nitrogens with zero attached hydrogens (tertiary/aromatic N) is 1. The van der Waals surface area contributed by atoms with E-state index >= 15 is 0 Å². The highest BCUT2D eigenvalue weighted by atomic mass is 35.5. The Hall–Kier alpha value is -1.75. The lowest BCUT2D eigenvalue weighted by Crippen LogP contribution is -2.44. The van der Waals surface area contributed by atoms with Gasteiger partial charge in [-0.25, -0.2) is 0 Å². The van der Waals surface area contributed by atoms with E-state index in [1.54, 1.807) is 29.2 Å². The quantitative estimate of drug-likeness (QED) is 0.768. The second-order valence-electron chi connectivity index (χ2n) is 6.04. The van der Waals surface area contributed by atoms with E-state index in [-0.39, 0.29) is 24.3 Å². The van der Waals surface area contributed by atoms with E-state index in [1.165, 1.54) is 0 Å². The summed E-state index contributed by atoms with van der Waals surface area (Å²) in [7, 11) is 0. The van der Waals surface area contributed by atoms with Gasteiger partial charge in [-0.05, 0) is 43.5 Å². The van der Waals surface area contributed by atoms with Gasteiger partial charge < -0.3 is 15.0 Å². The number of nitrogens with one attached hydrogen (secondary N) is 1. The van der Waals surface area contributed by atoms with Gasteiger partial charge in [0.1, 0.15) is 5.75 Å². The van der Waals surface area contributed by atoms with E-state index in [1.807, 2.05) is 0 Å². The third kappa shape index (κ3) is 5.71. The minimum absolute atomic E-state index is 0.00892. The summed E-state index contributed by atoms with van der Waals surface area (Å²) in [5.74, 6) is 0.712. The van der Waals surface area contributed by atoms with Crippen LogP contribution in [0.4, 0.5) is 0 Å². The van der Waals surface area contributed by atoms with Gasteiger partial charge in [-0.1, -0.05) is 24.9 Å². The Morgan fingerprint density at radius 2 is 1.92 bits per heavy atom. The number of likely N-dealkylation sites (tertiary alicyclic amines) is 1. The molecule has 1 fully saturated rings. The zero-order valence-corrected chi connectivity index (χ0v) is 14.8. The summed E-state index contributed by atoms with van der Waals surface area (Å²) in [5.41, 5.74) is 0. The van der Waals surface area contributed by atoms with Crippen molar-refractivity contribution < 1.29 is 14.3 Å². The van der Waals surface area contributed by atoms with Gasteiger partial charge in [-0.2, -0.15) is 0 Å². The number of amides is 2. The van der Waals surface area contributed by atoms with Gasteiger partial charge in [-0.3, -0.25) is 9.59 Å². The van der Waals surface area contributed by atoms with Crippen molar-refractivity contribution in [2.24, 2.45) is 5.92 Å². The molecular formula is C18H25ClN2O3. The summed E-state index contributed by atoms with van der Waals surface area (Å²) in [5, 5.41) is 3.60. The van der Waals surface area contributed by atoms with Crippen molar-refractivity contribution in [1.29, 1.82) is 0 Å². The molecule has 0 bridgehead atoms. The van der Waals surface area contributed by atoms with Crippen molar-refractivity contribution in [3.05, 3.63) is 29.3 Å². The third-order valence-electron chi connectivity index (χ3n) is 4.22. The number of benzene rings is 1. The molecule has 6 heteroatoms. The number of carbonyl (C=O) groups is 2. The van der Waals surface area contributed by atoms with Crippen LogP contribution in [0.1, 0.15) is 32.6 Å². The van der Waals surface area contributed by atoms with E-state index < -0.39 is 0 Å². The summed E-state index contributed by atoms with van der Waals surface area (Å²) in [6.45, 7) is 4.06. The van der Waals surface area contributed by atoms with Crippen molar-refractivity contribution in [2.75, 3.05) is 26.2 Å². The highest BCUT2D eigenvalue weighted by molar-refractivity contribution is 6.30. The number of hydrogen-bond acceptors (Lipinski definition) is 3. The van der Waals surface area contributed by atoms with Gasteiger partial charge in [-0.15, -0.1) is 0 Å². The molecule has 1 saturated heterocycles. The fourth-order valence-corrected chi connectivity index (χ4v) is 2.82. The molecule has 1 aliphatic heterocycles. The Balaban J connectivity index is 1.70. The van der Waals surface area contributed by atoms with Crippen molar-refractivity contribution in [3.8, 4) is 5.75 Å². The van der Waals surface area contributed by atoms with Crippen LogP contribution in [0, 0.1) is 5.92 Å². The highest BCUT2D eigenvalue weighted by Crippen LogP contribution is 2.19. The molecule has 0 spiro atoms. The topological polar surface area (TPSA) is 58.6 Å². The summed E-state index contributed by atoms with van der Waals surface area (Å²) in [6, 6.07) is 6.93. The van der Waals surface area contributed by atoms with Gasteiger partial charge in [0.05, 0.1) is 0 Å². The summed E-state index contributed by atoms with van der Waals surface area (Å²) in [6.07, 6.45) is 3.50. The monoisotopic (exact) mass is 352 g/mol. The van der Waals surface area contributed by atoms with Crippen LogP contribution in [0.3, 0.4) is 0 Å². The SMILES string of the molecule is CCCCNC(=O)C1CCN(C(=O)COc2ccc(Cl)cc2)CC1. The average Bonchev–Trinajstić information content (AvgIpc) is 2.61. The van der Waals surface area contributed by atoms with Crippen molar-refractivity contribution in [1.82, 2.24) is 10.2 Å². The molecule has 1 aliphatic rings. The van der Waals surface area contributed by atoms with Gasteiger partial charge in [0.25, 0.3) is 5.91 Å². The minimum Gasteiger partial charge on any atom is -0.484 e. The van der Waals surface area contributed by atoms with E-state index in [9.17, 15) is 9.59 Å². The van der Waals surface area contributed by atoms with Gasteiger partial charge in [0.2, 0.25) is 5.91 Å². The molecule has 1 aromatic carbocycles. The largest absolute Gasteiger partial charge is 0.484 e. The second kappa shape index (κ2) is 9.52. The van der Waals surface area contributed by atoms with Crippen LogP contribution in [0.25, 0.3) is 0 Å². The Bertz CT molecular complexity index is 540. The first-order valence-electron chi connectivity index (χ1n) is 8.54. The van der Waals surface area contributed by atoms with Crippen LogP contribution in [0.15, 0.2) is 24.3 Å². The van der Waals surface area contributed by atoms with Crippen LogP contribution < -0.4 is 10.1 Å². The van der Waals surface area contributed by atoms with Gasteiger partial charge >= 0.3 is 0 Å². The summed E-state index contributed by atoms with van der Waals surface area (Å²) >= 11 is 5.81. The van der Waals surface area contributed by atoms with Gasteiger partial charge in [0.15, 0.2) is 6.61 Å². The molecule has 0 aliphatic carbocycles. The second-order valence-corrected chi connectivity index (χ2v) is 6.48. The first-order chi connectivity index (χ1) is 11.6.